The van der Waals surface area contributed by atoms with Crippen molar-refractivity contribution in [2.24, 2.45) is 0 Å². The highest BCUT2D eigenvalue weighted by Crippen LogP contribution is 2.38. The minimum Gasteiger partial charge on any atom is -0.304 e. The van der Waals surface area contributed by atoms with Gasteiger partial charge in [0.15, 0.2) is 0 Å². The first-order valence-electron chi connectivity index (χ1n) is 9.27. The lowest BCUT2D eigenvalue weighted by Crippen LogP contribution is -2.53. The van der Waals surface area contributed by atoms with Crippen LogP contribution in [-0.2, 0) is 5.54 Å². The van der Waals surface area contributed by atoms with Crippen LogP contribution in [0.4, 0.5) is 0 Å². The van der Waals surface area contributed by atoms with Gasteiger partial charge in [0, 0.05) is 17.6 Å². The van der Waals surface area contributed by atoms with Crippen LogP contribution in [0.25, 0.3) is 0 Å². The van der Waals surface area contributed by atoms with E-state index in [-0.39, 0.29) is 5.54 Å². The van der Waals surface area contributed by atoms with Crippen LogP contribution in [0.5, 0.6) is 0 Å². The first kappa shape index (κ1) is 16.0. The fourth-order valence-corrected chi connectivity index (χ4v) is 4.38. The monoisotopic (exact) mass is 300 g/mol. The maximum absolute atomic E-state index is 4.12. The highest BCUT2D eigenvalue weighted by Gasteiger charge is 2.36. The number of rotatable bonds is 4. The van der Waals surface area contributed by atoms with E-state index >= 15 is 0 Å². The molecule has 1 saturated heterocycles. The molecule has 2 heteroatoms. The van der Waals surface area contributed by atoms with Crippen LogP contribution in [0.15, 0.2) is 30.3 Å². The van der Waals surface area contributed by atoms with Gasteiger partial charge in [0.2, 0.25) is 0 Å². The lowest BCUT2D eigenvalue weighted by Gasteiger charge is -2.44. The van der Waals surface area contributed by atoms with E-state index < -0.39 is 0 Å². The lowest BCUT2D eigenvalue weighted by atomic mass is 9.75. The molecule has 2 aliphatic rings. The largest absolute Gasteiger partial charge is 0.304 e. The van der Waals surface area contributed by atoms with E-state index in [1.54, 1.807) is 0 Å². The van der Waals surface area contributed by atoms with Crippen molar-refractivity contribution in [1.29, 1.82) is 0 Å². The molecule has 1 saturated carbocycles. The van der Waals surface area contributed by atoms with Gasteiger partial charge in [0.1, 0.15) is 0 Å². The van der Waals surface area contributed by atoms with Gasteiger partial charge in [-0.15, -0.1) is 0 Å². The summed E-state index contributed by atoms with van der Waals surface area (Å²) in [4.78, 5) is 2.62. The second kappa shape index (κ2) is 7.14. The molecule has 1 heterocycles. The summed E-state index contributed by atoms with van der Waals surface area (Å²) in [7, 11) is 0. The molecule has 122 valence electrons. The number of hydrogen-bond donors (Lipinski definition) is 1. The Bertz CT molecular complexity index is 440. The Kier molecular flexibility index (Phi) is 5.20. The Labute approximate surface area is 136 Å². The van der Waals surface area contributed by atoms with Gasteiger partial charge in [-0.2, -0.15) is 0 Å². The third kappa shape index (κ3) is 3.55. The molecule has 0 radical (unpaired) electrons. The Morgan fingerprint density at radius 2 is 1.64 bits per heavy atom. The van der Waals surface area contributed by atoms with Crippen molar-refractivity contribution in [3.63, 3.8) is 0 Å². The predicted octanol–water partition coefficient (Wildman–Crippen LogP) is 4.31. The number of nitrogens with one attached hydrogen (secondary N) is 1. The molecule has 1 aliphatic heterocycles. The first-order chi connectivity index (χ1) is 10.7. The molecule has 0 bridgehead atoms. The third-order valence-electron chi connectivity index (χ3n) is 5.77. The summed E-state index contributed by atoms with van der Waals surface area (Å²) < 4.78 is 0. The average molecular weight is 300 g/mol. The zero-order valence-corrected chi connectivity index (χ0v) is 14.4. The Morgan fingerprint density at radius 1 is 1.00 bits per heavy atom. The van der Waals surface area contributed by atoms with E-state index in [1.807, 2.05) is 0 Å². The number of likely N-dealkylation sites (tertiary alicyclic amines) is 1. The number of piperidine rings is 1. The van der Waals surface area contributed by atoms with Gasteiger partial charge in [0.25, 0.3) is 0 Å². The molecule has 0 unspecified atom stereocenters. The summed E-state index contributed by atoms with van der Waals surface area (Å²) in [6, 6.07) is 12.6. The van der Waals surface area contributed by atoms with Crippen LogP contribution in [0.1, 0.15) is 64.4 Å². The summed E-state index contributed by atoms with van der Waals surface area (Å²) in [5, 5.41) is 4.12. The molecule has 1 aromatic rings. The average Bonchev–Trinajstić information content (AvgIpc) is 2.57. The standard InChI is InChI=1S/C20H32N2/c1-17(2)22-15-11-19(12-16-22)21-20(13-7-4-8-14-20)18-9-5-3-6-10-18/h3,5-6,9-10,17,19,21H,4,7-8,11-16H2,1-2H3. The highest BCUT2D eigenvalue weighted by molar-refractivity contribution is 5.25. The molecule has 0 spiro atoms. The summed E-state index contributed by atoms with van der Waals surface area (Å²) in [6.07, 6.45) is 9.35. The molecule has 0 aromatic heterocycles. The maximum atomic E-state index is 4.12. The first-order valence-corrected chi connectivity index (χ1v) is 9.27. The smallest absolute Gasteiger partial charge is 0.0436 e. The molecular weight excluding hydrogens is 268 g/mol. The van der Waals surface area contributed by atoms with Crippen LogP contribution in [0.3, 0.4) is 0 Å². The lowest BCUT2D eigenvalue weighted by molar-refractivity contribution is 0.127. The minimum absolute atomic E-state index is 0.240. The van der Waals surface area contributed by atoms with Gasteiger partial charge in [0.05, 0.1) is 0 Å². The fraction of sp³-hybridized carbons (Fsp3) is 0.700. The van der Waals surface area contributed by atoms with Gasteiger partial charge in [-0.1, -0.05) is 49.6 Å². The van der Waals surface area contributed by atoms with Crippen LogP contribution >= 0.6 is 0 Å². The fourth-order valence-electron chi connectivity index (χ4n) is 4.38. The van der Waals surface area contributed by atoms with Gasteiger partial charge in [-0.25, -0.2) is 0 Å². The van der Waals surface area contributed by atoms with Gasteiger partial charge in [-0.05, 0) is 58.2 Å². The van der Waals surface area contributed by atoms with Gasteiger partial charge < -0.3 is 10.2 Å². The van der Waals surface area contributed by atoms with Gasteiger partial charge in [-0.3, -0.25) is 0 Å². The van der Waals surface area contributed by atoms with E-state index in [0.29, 0.717) is 12.1 Å². The molecule has 0 amide bonds. The van der Waals surface area contributed by atoms with Crippen LogP contribution < -0.4 is 5.32 Å². The Balaban J connectivity index is 1.69. The number of hydrogen-bond acceptors (Lipinski definition) is 2. The molecular formula is C20H32N2. The molecule has 3 rings (SSSR count). The summed E-state index contributed by atoms with van der Waals surface area (Å²) in [5.74, 6) is 0. The molecule has 0 atom stereocenters. The van der Waals surface area contributed by atoms with Gasteiger partial charge >= 0.3 is 0 Å². The van der Waals surface area contributed by atoms with Crippen molar-refractivity contribution in [1.82, 2.24) is 10.2 Å². The van der Waals surface area contributed by atoms with Crippen molar-refractivity contribution in [3.05, 3.63) is 35.9 Å². The van der Waals surface area contributed by atoms with E-state index in [4.69, 9.17) is 0 Å². The molecule has 2 nitrogen and oxygen atoms in total. The van der Waals surface area contributed by atoms with E-state index in [1.165, 1.54) is 63.6 Å². The topological polar surface area (TPSA) is 15.3 Å². The second-order valence-electron chi connectivity index (χ2n) is 7.56. The SMILES string of the molecule is CC(C)N1CCC(NC2(c3ccccc3)CCCCC2)CC1. The zero-order valence-electron chi connectivity index (χ0n) is 14.4. The number of nitrogens with zero attached hydrogens (tertiary/aromatic N) is 1. The summed E-state index contributed by atoms with van der Waals surface area (Å²) >= 11 is 0. The third-order valence-corrected chi connectivity index (χ3v) is 5.77. The van der Waals surface area contributed by atoms with Crippen molar-refractivity contribution >= 4 is 0 Å². The van der Waals surface area contributed by atoms with Crippen LogP contribution in [0.2, 0.25) is 0 Å². The van der Waals surface area contributed by atoms with E-state index in [0.717, 1.165) is 0 Å². The van der Waals surface area contributed by atoms with Crippen molar-refractivity contribution in [3.8, 4) is 0 Å². The second-order valence-corrected chi connectivity index (χ2v) is 7.56. The normalized spacial score (nSPS) is 23.8. The van der Waals surface area contributed by atoms with Crippen molar-refractivity contribution in [2.75, 3.05) is 13.1 Å². The number of benzene rings is 1. The van der Waals surface area contributed by atoms with E-state index in [9.17, 15) is 0 Å². The maximum Gasteiger partial charge on any atom is 0.0436 e. The molecule has 1 aromatic carbocycles. The predicted molar refractivity (Wildman–Crippen MR) is 94.1 cm³/mol. The summed E-state index contributed by atoms with van der Waals surface area (Å²) in [6.45, 7) is 7.14. The molecule has 22 heavy (non-hydrogen) atoms. The van der Waals surface area contributed by atoms with Crippen LogP contribution in [-0.4, -0.2) is 30.1 Å². The van der Waals surface area contributed by atoms with E-state index in [2.05, 4.69) is 54.4 Å². The summed E-state index contributed by atoms with van der Waals surface area (Å²) in [5.41, 5.74) is 1.76. The zero-order chi connectivity index (χ0) is 15.4. The Hall–Kier alpha value is -0.860. The van der Waals surface area contributed by atoms with Crippen molar-refractivity contribution < 1.29 is 0 Å². The quantitative estimate of drug-likeness (QED) is 0.891. The molecule has 1 aliphatic carbocycles. The highest BCUT2D eigenvalue weighted by atomic mass is 15.2. The Morgan fingerprint density at radius 3 is 2.23 bits per heavy atom. The van der Waals surface area contributed by atoms with Crippen LogP contribution in [0, 0.1) is 0 Å². The molecule has 2 fully saturated rings. The minimum atomic E-state index is 0.240. The molecule has 1 N–H and O–H groups in total. The van der Waals surface area contributed by atoms with Crippen molar-refractivity contribution in [2.45, 2.75) is 76.4 Å².